The van der Waals surface area contributed by atoms with Gasteiger partial charge in [0.25, 0.3) is 5.69 Å². The average Bonchev–Trinajstić information content (AvgIpc) is 2.34. The molecule has 18 heavy (non-hydrogen) atoms. The summed E-state index contributed by atoms with van der Waals surface area (Å²) in [6.07, 6.45) is 0.649. The number of nitrogens with zero attached hydrogens (tertiary/aromatic N) is 1. The molecule has 0 heterocycles. The highest BCUT2D eigenvalue weighted by atomic mass is 16.6. The lowest BCUT2D eigenvalue weighted by Crippen LogP contribution is -2.05. The van der Waals surface area contributed by atoms with E-state index < -0.39 is 16.6 Å². The number of methoxy groups -OCH3 is 1. The van der Waals surface area contributed by atoms with Crippen LogP contribution in [-0.2, 0) is 4.74 Å². The second kappa shape index (κ2) is 6.55. The Bertz CT molecular complexity index is 445. The molecular weight excluding hydrogens is 242 g/mol. The number of ether oxygens (including phenoxy) is 2. The molecule has 0 saturated carbocycles. The van der Waals surface area contributed by atoms with Gasteiger partial charge in [-0.05, 0) is 6.07 Å². The van der Waals surface area contributed by atoms with Crippen molar-refractivity contribution in [2.75, 3.05) is 20.3 Å². The quantitative estimate of drug-likeness (QED) is 0.452. The van der Waals surface area contributed by atoms with Crippen LogP contribution in [0.1, 0.15) is 16.8 Å². The SMILES string of the molecule is COCCCOc1ccc([N+](=O)[O-])c(C(=O)O)c1. The zero-order chi connectivity index (χ0) is 13.5. The largest absolute Gasteiger partial charge is 0.493 e. The van der Waals surface area contributed by atoms with Gasteiger partial charge in [-0.2, -0.15) is 0 Å². The molecule has 0 aliphatic heterocycles. The zero-order valence-electron chi connectivity index (χ0n) is 9.79. The Morgan fingerprint density at radius 3 is 2.72 bits per heavy atom. The number of benzene rings is 1. The Kier molecular flexibility index (Phi) is 5.06. The van der Waals surface area contributed by atoms with Crippen molar-refractivity contribution in [2.24, 2.45) is 0 Å². The van der Waals surface area contributed by atoms with E-state index in [1.165, 1.54) is 6.07 Å². The first-order chi connectivity index (χ1) is 8.56. The van der Waals surface area contributed by atoms with Crippen LogP contribution in [0.15, 0.2) is 18.2 Å². The summed E-state index contributed by atoms with van der Waals surface area (Å²) in [7, 11) is 1.56. The Labute approximate surface area is 103 Å². The summed E-state index contributed by atoms with van der Waals surface area (Å²) in [4.78, 5) is 20.8. The summed E-state index contributed by atoms with van der Waals surface area (Å²) >= 11 is 0. The monoisotopic (exact) mass is 255 g/mol. The highest BCUT2D eigenvalue weighted by molar-refractivity contribution is 5.92. The van der Waals surface area contributed by atoms with Gasteiger partial charge < -0.3 is 14.6 Å². The number of hydrogen-bond donors (Lipinski definition) is 1. The molecule has 0 saturated heterocycles. The van der Waals surface area contributed by atoms with Gasteiger partial charge >= 0.3 is 5.97 Å². The van der Waals surface area contributed by atoms with Gasteiger partial charge in [0.2, 0.25) is 0 Å². The lowest BCUT2D eigenvalue weighted by molar-refractivity contribution is -0.385. The van der Waals surface area contributed by atoms with E-state index in [2.05, 4.69) is 0 Å². The molecule has 1 N–H and O–H groups in total. The minimum atomic E-state index is -1.36. The number of aromatic carboxylic acids is 1. The molecule has 0 aromatic heterocycles. The van der Waals surface area contributed by atoms with Crippen LogP contribution < -0.4 is 4.74 Å². The van der Waals surface area contributed by atoms with Gasteiger partial charge in [-0.15, -0.1) is 0 Å². The summed E-state index contributed by atoms with van der Waals surface area (Å²) in [6, 6.07) is 3.64. The van der Waals surface area contributed by atoms with Gasteiger partial charge in [0.05, 0.1) is 11.5 Å². The first-order valence-corrected chi connectivity index (χ1v) is 5.19. The molecule has 98 valence electrons. The predicted octanol–water partition coefficient (Wildman–Crippen LogP) is 1.71. The van der Waals surface area contributed by atoms with E-state index in [1.807, 2.05) is 0 Å². The van der Waals surface area contributed by atoms with Crippen LogP contribution in [0.25, 0.3) is 0 Å². The third-order valence-electron chi connectivity index (χ3n) is 2.16. The van der Waals surface area contributed by atoms with E-state index in [9.17, 15) is 14.9 Å². The molecule has 1 aromatic rings. The van der Waals surface area contributed by atoms with E-state index in [1.54, 1.807) is 7.11 Å². The van der Waals surface area contributed by atoms with E-state index in [-0.39, 0.29) is 11.3 Å². The fourth-order valence-electron chi connectivity index (χ4n) is 1.33. The van der Waals surface area contributed by atoms with Gasteiger partial charge in [-0.25, -0.2) is 4.79 Å². The molecule has 7 nitrogen and oxygen atoms in total. The van der Waals surface area contributed by atoms with Crippen LogP contribution in [0.5, 0.6) is 5.75 Å². The molecule has 7 heteroatoms. The molecule has 0 spiro atoms. The molecule has 0 atom stereocenters. The summed E-state index contributed by atoms with van der Waals surface area (Å²) in [6.45, 7) is 0.878. The molecule has 1 rings (SSSR count). The van der Waals surface area contributed by atoms with Crippen molar-refractivity contribution < 1.29 is 24.3 Å². The minimum Gasteiger partial charge on any atom is -0.493 e. The third kappa shape index (κ3) is 3.70. The van der Waals surface area contributed by atoms with Gasteiger partial charge in [0.1, 0.15) is 11.3 Å². The molecular formula is C11H13NO6. The number of carbonyl (C=O) groups is 1. The summed E-state index contributed by atoms with van der Waals surface area (Å²) in [5.41, 5.74) is -0.837. The summed E-state index contributed by atoms with van der Waals surface area (Å²) in [5.74, 6) is -1.07. The lowest BCUT2D eigenvalue weighted by Gasteiger charge is -2.06. The molecule has 1 aromatic carbocycles. The highest BCUT2D eigenvalue weighted by Crippen LogP contribution is 2.24. The zero-order valence-corrected chi connectivity index (χ0v) is 9.79. The number of hydrogen-bond acceptors (Lipinski definition) is 5. The van der Waals surface area contributed by atoms with Crippen LogP contribution in [0, 0.1) is 10.1 Å². The van der Waals surface area contributed by atoms with Crippen molar-refractivity contribution in [3.8, 4) is 5.75 Å². The number of carboxylic acids is 1. The van der Waals surface area contributed by atoms with E-state index >= 15 is 0 Å². The maximum Gasteiger partial charge on any atom is 0.342 e. The normalized spacial score (nSPS) is 10.1. The second-order valence-electron chi connectivity index (χ2n) is 3.44. The summed E-state index contributed by atoms with van der Waals surface area (Å²) in [5, 5.41) is 19.5. The maximum atomic E-state index is 10.9. The Morgan fingerprint density at radius 1 is 1.44 bits per heavy atom. The fourth-order valence-corrected chi connectivity index (χ4v) is 1.33. The van der Waals surface area contributed by atoms with Crippen LogP contribution in [0.3, 0.4) is 0 Å². The third-order valence-corrected chi connectivity index (χ3v) is 2.16. The van der Waals surface area contributed by atoms with Gasteiger partial charge in [0, 0.05) is 32.3 Å². The van der Waals surface area contributed by atoms with E-state index in [0.717, 1.165) is 12.1 Å². The molecule has 0 bridgehead atoms. The van der Waals surface area contributed by atoms with Crippen molar-refractivity contribution in [3.63, 3.8) is 0 Å². The first-order valence-electron chi connectivity index (χ1n) is 5.19. The maximum absolute atomic E-state index is 10.9. The molecule has 0 radical (unpaired) electrons. The lowest BCUT2D eigenvalue weighted by atomic mass is 10.1. The van der Waals surface area contributed by atoms with Crippen LogP contribution in [0.2, 0.25) is 0 Å². The van der Waals surface area contributed by atoms with Crippen molar-refractivity contribution in [1.29, 1.82) is 0 Å². The summed E-state index contributed by atoms with van der Waals surface area (Å²) < 4.78 is 10.1. The van der Waals surface area contributed by atoms with Crippen molar-refractivity contribution >= 4 is 11.7 Å². The van der Waals surface area contributed by atoms with Gasteiger partial charge in [-0.1, -0.05) is 0 Å². The predicted molar refractivity (Wildman–Crippen MR) is 62.0 cm³/mol. The van der Waals surface area contributed by atoms with Crippen LogP contribution >= 0.6 is 0 Å². The average molecular weight is 255 g/mol. The second-order valence-corrected chi connectivity index (χ2v) is 3.44. The van der Waals surface area contributed by atoms with Crippen LogP contribution in [0.4, 0.5) is 5.69 Å². The minimum absolute atomic E-state index is 0.286. The first kappa shape index (κ1) is 13.9. The molecule has 0 aliphatic rings. The Balaban J connectivity index is 2.80. The standard InChI is InChI=1S/C11H13NO6/c1-17-5-2-6-18-8-3-4-10(12(15)16)9(7-8)11(13)14/h3-4,7H,2,5-6H2,1H3,(H,13,14). The smallest absolute Gasteiger partial charge is 0.342 e. The fraction of sp³-hybridized carbons (Fsp3) is 0.364. The van der Waals surface area contributed by atoms with E-state index in [0.29, 0.717) is 19.6 Å². The highest BCUT2D eigenvalue weighted by Gasteiger charge is 2.20. The van der Waals surface area contributed by atoms with Crippen LogP contribution in [-0.4, -0.2) is 36.3 Å². The van der Waals surface area contributed by atoms with Crippen molar-refractivity contribution in [2.45, 2.75) is 6.42 Å². The molecule has 0 unspecified atom stereocenters. The Hall–Kier alpha value is -2.15. The molecule has 0 fully saturated rings. The number of carboxylic acid groups (broad SMARTS) is 1. The van der Waals surface area contributed by atoms with Gasteiger partial charge in [-0.3, -0.25) is 10.1 Å². The van der Waals surface area contributed by atoms with Crippen molar-refractivity contribution in [1.82, 2.24) is 0 Å². The Morgan fingerprint density at radius 2 is 2.17 bits per heavy atom. The molecule has 0 aliphatic carbocycles. The topological polar surface area (TPSA) is 98.9 Å². The number of nitro groups is 1. The number of rotatable bonds is 7. The number of nitro benzene ring substituents is 1. The van der Waals surface area contributed by atoms with Crippen molar-refractivity contribution in [3.05, 3.63) is 33.9 Å². The van der Waals surface area contributed by atoms with Gasteiger partial charge in [0.15, 0.2) is 0 Å². The molecule has 0 amide bonds. The van der Waals surface area contributed by atoms with E-state index in [4.69, 9.17) is 14.6 Å².